The second-order valence-corrected chi connectivity index (χ2v) is 3.85. The van der Waals surface area contributed by atoms with Gasteiger partial charge in [-0.2, -0.15) is 5.26 Å². The molecule has 0 aliphatic heterocycles. The van der Waals surface area contributed by atoms with Gasteiger partial charge in [-0.1, -0.05) is 0 Å². The average molecular weight is 254 g/mol. The fourth-order valence-corrected chi connectivity index (χ4v) is 1.47. The lowest BCUT2D eigenvalue weighted by Gasteiger charge is -2.07. The largest absolute Gasteiger partial charge is 0.478 e. The summed E-state index contributed by atoms with van der Waals surface area (Å²) in [5.41, 5.74) is 1.23. The van der Waals surface area contributed by atoms with E-state index in [-0.39, 0.29) is 11.4 Å². The van der Waals surface area contributed by atoms with Crippen molar-refractivity contribution < 1.29 is 14.6 Å². The van der Waals surface area contributed by atoms with Gasteiger partial charge in [0.15, 0.2) is 0 Å². The predicted molar refractivity (Wildman–Crippen MR) is 67.2 cm³/mol. The van der Waals surface area contributed by atoms with Crippen LogP contribution in [0.5, 0.6) is 11.6 Å². The number of hydrogen-bond acceptors (Lipinski definition) is 4. The molecular formula is C14H10N2O3. The maximum atomic E-state index is 10.7. The summed E-state index contributed by atoms with van der Waals surface area (Å²) in [7, 11) is 0. The van der Waals surface area contributed by atoms with E-state index in [1.165, 1.54) is 24.3 Å². The summed E-state index contributed by atoms with van der Waals surface area (Å²) in [6, 6.07) is 11.2. The van der Waals surface area contributed by atoms with Gasteiger partial charge in [-0.05, 0) is 43.3 Å². The Kier molecular flexibility index (Phi) is 3.44. The van der Waals surface area contributed by atoms with E-state index < -0.39 is 5.97 Å². The second-order valence-electron chi connectivity index (χ2n) is 3.85. The summed E-state index contributed by atoms with van der Waals surface area (Å²) in [6.45, 7) is 1.79. The number of nitrogens with zero attached hydrogens (tertiary/aromatic N) is 2. The Labute approximate surface area is 109 Å². The van der Waals surface area contributed by atoms with Crippen LogP contribution in [-0.4, -0.2) is 16.1 Å². The van der Waals surface area contributed by atoms with E-state index in [0.29, 0.717) is 11.3 Å². The molecule has 0 amide bonds. The molecule has 2 rings (SSSR count). The van der Waals surface area contributed by atoms with E-state index in [0.717, 1.165) is 5.69 Å². The average Bonchev–Trinajstić information content (AvgIpc) is 2.39. The highest BCUT2D eigenvalue weighted by Crippen LogP contribution is 2.23. The van der Waals surface area contributed by atoms with Crippen LogP contribution in [0.15, 0.2) is 36.4 Å². The Hall–Kier alpha value is -2.87. The van der Waals surface area contributed by atoms with Crippen molar-refractivity contribution in [3.8, 4) is 17.7 Å². The molecule has 0 saturated heterocycles. The third-order valence-corrected chi connectivity index (χ3v) is 2.44. The summed E-state index contributed by atoms with van der Waals surface area (Å²) in [5.74, 6) is -0.358. The summed E-state index contributed by atoms with van der Waals surface area (Å²) >= 11 is 0. The van der Waals surface area contributed by atoms with Gasteiger partial charge in [-0.15, -0.1) is 0 Å². The predicted octanol–water partition coefficient (Wildman–Crippen LogP) is 2.75. The number of aromatic nitrogens is 1. The summed E-state index contributed by atoms with van der Waals surface area (Å²) in [5, 5.41) is 17.7. The first-order valence-electron chi connectivity index (χ1n) is 5.49. The SMILES string of the molecule is Cc1ccc(C#N)c(Oc2ccc(C(=O)O)cc2)n1. The Balaban J connectivity index is 2.28. The highest BCUT2D eigenvalue weighted by molar-refractivity contribution is 5.87. The van der Waals surface area contributed by atoms with Crippen molar-refractivity contribution in [2.75, 3.05) is 0 Å². The number of aryl methyl sites for hydroxylation is 1. The van der Waals surface area contributed by atoms with Crippen molar-refractivity contribution >= 4 is 5.97 Å². The molecule has 0 saturated carbocycles. The normalized spacial score (nSPS) is 9.68. The lowest BCUT2D eigenvalue weighted by Crippen LogP contribution is -1.97. The number of carbonyl (C=O) groups is 1. The van der Waals surface area contributed by atoms with Crippen LogP contribution in [0.3, 0.4) is 0 Å². The van der Waals surface area contributed by atoms with Crippen LogP contribution in [0, 0.1) is 18.3 Å². The molecule has 2 aromatic rings. The van der Waals surface area contributed by atoms with Crippen LogP contribution >= 0.6 is 0 Å². The van der Waals surface area contributed by atoms with Crippen molar-refractivity contribution in [2.45, 2.75) is 6.92 Å². The van der Waals surface area contributed by atoms with E-state index in [1.54, 1.807) is 19.1 Å². The van der Waals surface area contributed by atoms with Gasteiger partial charge in [0.1, 0.15) is 17.4 Å². The third-order valence-electron chi connectivity index (χ3n) is 2.44. The van der Waals surface area contributed by atoms with Gasteiger partial charge in [0, 0.05) is 5.69 Å². The Morgan fingerprint density at radius 2 is 1.95 bits per heavy atom. The van der Waals surface area contributed by atoms with Gasteiger partial charge < -0.3 is 9.84 Å². The molecule has 0 unspecified atom stereocenters. The summed E-state index contributed by atoms with van der Waals surface area (Å²) in [6.07, 6.45) is 0. The standard InChI is InChI=1S/C14H10N2O3/c1-9-2-3-11(8-15)13(16-9)19-12-6-4-10(5-7-12)14(17)18/h2-7H,1H3,(H,17,18). The molecule has 0 radical (unpaired) electrons. The molecular weight excluding hydrogens is 244 g/mol. The smallest absolute Gasteiger partial charge is 0.335 e. The zero-order valence-corrected chi connectivity index (χ0v) is 10.1. The fraction of sp³-hybridized carbons (Fsp3) is 0.0714. The molecule has 0 aliphatic carbocycles. The molecule has 19 heavy (non-hydrogen) atoms. The minimum Gasteiger partial charge on any atom is -0.478 e. The Morgan fingerprint density at radius 1 is 1.26 bits per heavy atom. The molecule has 94 valence electrons. The molecule has 5 heteroatoms. The number of rotatable bonds is 3. The van der Waals surface area contributed by atoms with Crippen LogP contribution in [0.2, 0.25) is 0 Å². The molecule has 0 bridgehead atoms. The topological polar surface area (TPSA) is 83.2 Å². The molecule has 0 spiro atoms. The van der Waals surface area contributed by atoms with Crippen molar-refractivity contribution in [2.24, 2.45) is 0 Å². The van der Waals surface area contributed by atoms with Gasteiger partial charge in [0.25, 0.3) is 0 Å². The van der Waals surface area contributed by atoms with Crippen molar-refractivity contribution in [3.05, 3.63) is 53.2 Å². The van der Waals surface area contributed by atoms with Gasteiger partial charge in [0.05, 0.1) is 5.56 Å². The zero-order valence-electron chi connectivity index (χ0n) is 10.1. The maximum Gasteiger partial charge on any atom is 0.335 e. The van der Waals surface area contributed by atoms with E-state index in [2.05, 4.69) is 4.98 Å². The minimum atomic E-state index is -1.00. The number of pyridine rings is 1. The first-order chi connectivity index (χ1) is 9.10. The van der Waals surface area contributed by atoms with Crippen LogP contribution in [0.1, 0.15) is 21.6 Å². The van der Waals surface area contributed by atoms with Gasteiger partial charge in [0.2, 0.25) is 5.88 Å². The molecule has 1 aromatic carbocycles. The highest BCUT2D eigenvalue weighted by atomic mass is 16.5. The highest BCUT2D eigenvalue weighted by Gasteiger charge is 2.08. The monoisotopic (exact) mass is 254 g/mol. The quantitative estimate of drug-likeness (QED) is 0.910. The van der Waals surface area contributed by atoms with Crippen LogP contribution in [0.25, 0.3) is 0 Å². The van der Waals surface area contributed by atoms with E-state index >= 15 is 0 Å². The molecule has 0 atom stereocenters. The molecule has 0 aliphatic rings. The van der Waals surface area contributed by atoms with E-state index in [1.807, 2.05) is 6.07 Å². The van der Waals surface area contributed by atoms with Gasteiger partial charge >= 0.3 is 5.97 Å². The number of hydrogen-bond donors (Lipinski definition) is 1. The maximum absolute atomic E-state index is 10.7. The van der Waals surface area contributed by atoms with E-state index in [4.69, 9.17) is 15.1 Å². The Bertz CT molecular complexity index is 657. The number of nitriles is 1. The van der Waals surface area contributed by atoms with Crippen molar-refractivity contribution in [3.63, 3.8) is 0 Å². The fourth-order valence-electron chi connectivity index (χ4n) is 1.47. The number of ether oxygens (including phenoxy) is 1. The van der Waals surface area contributed by atoms with Crippen molar-refractivity contribution in [1.82, 2.24) is 4.98 Å². The molecule has 5 nitrogen and oxygen atoms in total. The number of benzene rings is 1. The molecule has 1 heterocycles. The molecule has 1 N–H and O–H groups in total. The van der Waals surface area contributed by atoms with E-state index in [9.17, 15) is 4.79 Å². The second kappa shape index (κ2) is 5.19. The van der Waals surface area contributed by atoms with Crippen LogP contribution < -0.4 is 4.74 Å². The lowest BCUT2D eigenvalue weighted by atomic mass is 10.2. The zero-order chi connectivity index (χ0) is 13.8. The number of carboxylic acids is 1. The summed E-state index contributed by atoms with van der Waals surface area (Å²) < 4.78 is 5.49. The van der Waals surface area contributed by atoms with Crippen LogP contribution in [0.4, 0.5) is 0 Å². The number of aromatic carboxylic acids is 1. The Morgan fingerprint density at radius 3 is 2.53 bits per heavy atom. The minimum absolute atomic E-state index is 0.171. The van der Waals surface area contributed by atoms with Crippen LogP contribution in [-0.2, 0) is 0 Å². The molecule has 0 fully saturated rings. The van der Waals surface area contributed by atoms with Gasteiger partial charge in [-0.25, -0.2) is 9.78 Å². The third kappa shape index (κ3) is 2.87. The number of carboxylic acid groups (broad SMARTS) is 1. The summed E-state index contributed by atoms with van der Waals surface area (Å²) in [4.78, 5) is 14.9. The first kappa shape index (κ1) is 12.6. The lowest BCUT2D eigenvalue weighted by molar-refractivity contribution is 0.0697. The molecule has 1 aromatic heterocycles. The van der Waals surface area contributed by atoms with Gasteiger partial charge in [-0.3, -0.25) is 0 Å². The first-order valence-corrected chi connectivity index (χ1v) is 5.49. The van der Waals surface area contributed by atoms with Crippen molar-refractivity contribution in [1.29, 1.82) is 5.26 Å².